The molecule has 0 saturated carbocycles. The maximum atomic E-state index is 12.7. The summed E-state index contributed by atoms with van der Waals surface area (Å²) >= 11 is 0. The Morgan fingerprint density at radius 3 is 2.37 bits per heavy atom. The van der Waals surface area contributed by atoms with Gasteiger partial charge in [-0.15, -0.1) is 10.2 Å². The summed E-state index contributed by atoms with van der Waals surface area (Å²) in [5.41, 5.74) is 2.00. The van der Waals surface area contributed by atoms with E-state index in [1.54, 1.807) is 32.2 Å². The highest BCUT2D eigenvalue weighted by atomic mass is 19.4. The Morgan fingerprint density at radius 2 is 1.81 bits per heavy atom. The first-order valence-corrected chi connectivity index (χ1v) is 8.34. The number of nitrogens with zero attached hydrogens (tertiary/aromatic N) is 4. The van der Waals surface area contributed by atoms with Crippen molar-refractivity contribution in [1.29, 1.82) is 0 Å². The van der Waals surface area contributed by atoms with E-state index in [9.17, 15) is 18.0 Å². The largest absolute Gasteiger partial charge is 0.416 e. The van der Waals surface area contributed by atoms with Crippen LogP contribution in [0.1, 0.15) is 40.4 Å². The van der Waals surface area contributed by atoms with Crippen LogP contribution in [0.25, 0.3) is 11.4 Å². The monoisotopic (exact) mass is 374 g/mol. The molecule has 0 spiro atoms. The average molecular weight is 374 g/mol. The van der Waals surface area contributed by atoms with Gasteiger partial charge in [-0.2, -0.15) is 18.0 Å². The fourth-order valence-electron chi connectivity index (χ4n) is 2.74. The first kappa shape index (κ1) is 18.8. The second-order valence-corrected chi connectivity index (χ2v) is 6.12. The lowest BCUT2D eigenvalue weighted by Gasteiger charge is -2.11. The van der Waals surface area contributed by atoms with E-state index in [0.29, 0.717) is 35.4 Å². The van der Waals surface area contributed by atoms with Gasteiger partial charge in [-0.3, -0.25) is 4.79 Å². The molecule has 0 fully saturated rings. The second-order valence-electron chi connectivity index (χ2n) is 6.12. The molecule has 27 heavy (non-hydrogen) atoms. The molecule has 1 heterocycles. The van der Waals surface area contributed by atoms with Gasteiger partial charge in [0, 0.05) is 17.5 Å². The number of halogens is 3. The molecule has 140 valence electrons. The van der Waals surface area contributed by atoms with Crippen molar-refractivity contribution in [2.75, 3.05) is 0 Å². The summed E-state index contributed by atoms with van der Waals surface area (Å²) in [6, 6.07) is 10.2. The molecule has 0 N–H and O–H groups in total. The molecule has 0 aliphatic carbocycles. The Bertz CT molecular complexity index is 962. The highest BCUT2D eigenvalue weighted by Crippen LogP contribution is 2.30. The van der Waals surface area contributed by atoms with Crippen LogP contribution < -0.4 is 0 Å². The van der Waals surface area contributed by atoms with Gasteiger partial charge in [0.2, 0.25) is 5.82 Å². The SMILES string of the molecule is CCC(=O)c1ccc(Cc2ccc(C(F)(F)F)cc2)c(-c2nnn(C)n2)c1. The molecule has 5 nitrogen and oxygen atoms in total. The minimum absolute atomic E-state index is 0.0128. The topological polar surface area (TPSA) is 60.7 Å². The van der Waals surface area contributed by atoms with Crippen LogP contribution in [0.3, 0.4) is 0 Å². The number of alkyl halides is 3. The standard InChI is InChI=1S/C19H17F3N4O/c1-3-17(27)14-7-6-13(16(11-14)18-23-25-26(2)24-18)10-12-4-8-15(9-5-12)19(20,21)22/h4-9,11H,3,10H2,1-2H3. The molecule has 1 aromatic heterocycles. The van der Waals surface area contributed by atoms with Crippen LogP contribution in [0, 0.1) is 0 Å². The molecule has 2 aromatic carbocycles. The van der Waals surface area contributed by atoms with Crippen molar-refractivity contribution in [3.8, 4) is 11.4 Å². The fourth-order valence-corrected chi connectivity index (χ4v) is 2.74. The number of aryl methyl sites for hydroxylation is 1. The second kappa shape index (κ2) is 7.30. The third-order valence-corrected chi connectivity index (χ3v) is 4.18. The summed E-state index contributed by atoms with van der Waals surface area (Å²) in [4.78, 5) is 13.3. The van der Waals surface area contributed by atoms with Crippen LogP contribution in [0.4, 0.5) is 13.2 Å². The number of aromatic nitrogens is 4. The average Bonchev–Trinajstić information content (AvgIpc) is 3.07. The molecule has 0 radical (unpaired) electrons. The van der Waals surface area contributed by atoms with E-state index >= 15 is 0 Å². The van der Waals surface area contributed by atoms with Crippen molar-refractivity contribution in [3.63, 3.8) is 0 Å². The summed E-state index contributed by atoms with van der Waals surface area (Å²) in [7, 11) is 1.63. The molecule has 0 aliphatic rings. The quantitative estimate of drug-likeness (QED) is 0.632. The molecule has 3 rings (SSSR count). The molecule has 0 aliphatic heterocycles. The normalized spacial score (nSPS) is 11.6. The summed E-state index contributed by atoms with van der Waals surface area (Å²) in [6.45, 7) is 1.78. The Hall–Kier alpha value is -3.03. The van der Waals surface area contributed by atoms with Gasteiger partial charge in [0.15, 0.2) is 5.78 Å². The summed E-state index contributed by atoms with van der Waals surface area (Å²) in [5.74, 6) is 0.353. The maximum absolute atomic E-state index is 12.7. The Kier molecular flexibility index (Phi) is 5.07. The van der Waals surface area contributed by atoms with Gasteiger partial charge in [0.25, 0.3) is 0 Å². The highest BCUT2D eigenvalue weighted by molar-refractivity contribution is 5.97. The number of hydrogen-bond acceptors (Lipinski definition) is 4. The van der Waals surface area contributed by atoms with Gasteiger partial charge >= 0.3 is 6.18 Å². The summed E-state index contributed by atoms with van der Waals surface area (Å²) in [6.07, 6.45) is -3.62. The first-order valence-electron chi connectivity index (χ1n) is 8.34. The number of benzene rings is 2. The maximum Gasteiger partial charge on any atom is 0.416 e. The van der Waals surface area contributed by atoms with Crippen molar-refractivity contribution in [2.24, 2.45) is 7.05 Å². The molecule has 0 unspecified atom stereocenters. The van der Waals surface area contributed by atoms with Crippen LogP contribution in [-0.2, 0) is 19.6 Å². The Labute approximate surface area is 153 Å². The zero-order valence-electron chi connectivity index (χ0n) is 14.8. The van der Waals surface area contributed by atoms with Gasteiger partial charge in [-0.1, -0.05) is 31.2 Å². The van der Waals surface area contributed by atoms with Crippen LogP contribution in [0.5, 0.6) is 0 Å². The van der Waals surface area contributed by atoms with Crippen molar-refractivity contribution >= 4 is 5.78 Å². The van der Waals surface area contributed by atoms with E-state index in [1.807, 2.05) is 0 Å². The van der Waals surface area contributed by atoms with Crippen molar-refractivity contribution < 1.29 is 18.0 Å². The predicted molar refractivity (Wildman–Crippen MR) is 93.1 cm³/mol. The molecule has 8 heteroatoms. The van der Waals surface area contributed by atoms with Gasteiger partial charge < -0.3 is 0 Å². The number of ketones is 1. The van der Waals surface area contributed by atoms with E-state index in [1.165, 1.54) is 16.9 Å². The summed E-state index contributed by atoms with van der Waals surface area (Å²) in [5, 5.41) is 12.0. The van der Waals surface area contributed by atoms with Gasteiger partial charge in [-0.25, -0.2) is 0 Å². The van der Waals surface area contributed by atoms with Gasteiger partial charge in [0.05, 0.1) is 12.6 Å². The number of rotatable bonds is 5. The molecule has 3 aromatic rings. The lowest BCUT2D eigenvalue weighted by molar-refractivity contribution is -0.137. The van der Waals surface area contributed by atoms with E-state index in [0.717, 1.165) is 17.7 Å². The highest BCUT2D eigenvalue weighted by Gasteiger charge is 2.30. The molecule has 0 amide bonds. The number of carbonyl (C=O) groups excluding carboxylic acids is 1. The number of tetrazole rings is 1. The number of carbonyl (C=O) groups is 1. The number of hydrogen-bond donors (Lipinski definition) is 0. The first-order chi connectivity index (χ1) is 12.8. The smallest absolute Gasteiger partial charge is 0.294 e. The third-order valence-electron chi connectivity index (χ3n) is 4.18. The lowest BCUT2D eigenvalue weighted by Crippen LogP contribution is -2.05. The third kappa shape index (κ3) is 4.21. The number of Topliss-reactive ketones (excluding diaryl/α,β-unsaturated/α-hetero) is 1. The van der Waals surface area contributed by atoms with E-state index in [2.05, 4.69) is 15.4 Å². The molecule has 0 bridgehead atoms. The molecular weight excluding hydrogens is 357 g/mol. The molecular formula is C19H17F3N4O. The van der Waals surface area contributed by atoms with Gasteiger partial charge in [0.1, 0.15) is 0 Å². The van der Waals surface area contributed by atoms with E-state index in [4.69, 9.17) is 0 Å². The zero-order chi connectivity index (χ0) is 19.6. The fraction of sp³-hybridized carbons (Fsp3) is 0.263. The Morgan fingerprint density at radius 1 is 1.11 bits per heavy atom. The minimum atomic E-state index is -4.37. The van der Waals surface area contributed by atoms with Crippen LogP contribution in [-0.4, -0.2) is 26.0 Å². The van der Waals surface area contributed by atoms with Crippen LogP contribution >= 0.6 is 0 Å². The van der Waals surface area contributed by atoms with Gasteiger partial charge in [-0.05, 0) is 41.0 Å². The van der Waals surface area contributed by atoms with E-state index < -0.39 is 11.7 Å². The molecule has 0 saturated heterocycles. The predicted octanol–water partition coefficient (Wildman–Crippen LogP) is 4.08. The minimum Gasteiger partial charge on any atom is -0.294 e. The lowest BCUT2D eigenvalue weighted by atomic mass is 9.95. The zero-order valence-corrected chi connectivity index (χ0v) is 14.8. The van der Waals surface area contributed by atoms with E-state index in [-0.39, 0.29) is 5.78 Å². The molecule has 0 atom stereocenters. The van der Waals surface area contributed by atoms with Crippen molar-refractivity contribution in [1.82, 2.24) is 20.2 Å². The van der Waals surface area contributed by atoms with Crippen molar-refractivity contribution in [3.05, 3.63) is 64.7 Å². The summed E-state index contributed by atoms with van der Waals surface area (Å²) < 4.78 is 38.2. The van der Waals surface area contributed by atoms with Crippen LogP contribution in [0.2, 0.25) is 0 Å². The Balaban J connectivity index is 1.98. The van der Waals surface area contributed by atoms with Crippen LogP contribution in [0.15, 0.2) is 42.5 Å². The van der Waals surface area contributed by atoms with Crippen molar-refractivity contribution in [2.45, 2.75) is 25.9 Å².